The third-order valence-corrected chi connectivity index (χ3v) is 3.57. The van der Waals surface area contributed by atoms with E-state index in [9.17, 15) is 9.59 Å². The number of hydrazine groups is 1. The lowest BCUT2D eigenvalue weighted by atomic mass is 10.2. The molecule has 0 radical (unpaired) electrons. The molecule has 0 aromatic heterocycles. The molecule has 0 saturated carbocycles. The van der Waals surface area contributed by atoms with Crippen LogP contribution in [0.2, 0.25) is 0 Å². The van der Waals surface area contributed by atoms with Crippen molar-refractivity contribution in [1.29, 1.82) is 0 Å². The minimum absolute atomic E-state index is 0.207. The van der Waals surface area contributed by atoms with Gasteiger partial charge >= 0.3 is 6.09 Å². The maximum absolute atomic E-state index is 11.9. The third kappa shape index (κ3) is 6.74. The SMILES string of the molecule is CC(C)(C)OC(=O)NN1CCN(C(=O)CCCI)CC1. The number of carbonyl (C=O) groups excluding carboxylic acids is 2. The molecular weight excluding hydrogens is 373 g/mol. The Morgan fingerprint density at radius 2 is 1.80 bits per heavy atom. The van der Waals surface area contributed by atoms with E-state index < -0.39 is 11.7 Å². The van der Waals surface area contributed by atoms with Crippen molar-refractivity contribution in [2.45, 2.75) is 39.2 Å². The summed E-state index contributed by atoms with van der Waals surface area (Å²) in [6.45, 7) is 8.05. The second kappa shape index (κ2) is 8.02. The molecule has 7 heteroatoms. The minimum Gasteiger partial charge on any atom is -0.443 e. The number of hydrogen-bond acceptors (Lipinski definition) is 4. The van der Waals surface area contributed by atoms with Crippen LogP contribution in [0.5, 0.6) is 0 Å². The quantitative estimate of drug-likeness (QED) is 0.581. The first-order valence-electron chi connectivity index (χ1n) is 6.90. The Labute approximate surface area is 134 Å². The zero-order valence-electron chi connectivity index (χ0n) is 12.4. The number of nitrogens with zero attached hydrogens (tertiary/aromatic N) is 2. The summed E-state index contributed by atoms with van der Waals surface area (Å²) in [4.78, 5) is 25.4. The third-order valence-electron chi connectivity index (χ3n) is 2.80. The number of amides is 2. The summed E-state index contributed by atoms with van der Waals surface area (Å²) in [6.07, 6.45) is 1.10. The molecule has 1 aliphatic rings. The standard InChI is InChI=1S/C13H24IN3O3/c1-13(2,3)20-12(19)15-17-9-7-16(8-10-17)11(18)5-4-6-14/h4-10H2,1-3H3,(H,15,19). The largest absolute Gasteiger partial charge is 0.443 e. The van der Waals surface area contributed by atoms with E-state index in [1.807, 2.05) is 25.7 Å². The molecule has 0 spiro atoms. The summed E-state index contributed by atoms with van der Waals surface area (Å²) in [6, 6.07) is 0. The zero-order valence-corrected chi connectivity index (χ0v) is 14.6. The Morgan fingerprint density at radius 1 is 1.20 bits per heavy atom. The van der Waals surface area contributed by atoms with Crippen LogP contribution in [-0.2, 0) is 9.53 Å². The van der Waals surface area contributed by atoms with Crippen molar-refractivity contribution >= 4 is 34.6 Å². The summed E-state index contributed by atoms with van der Waals surface area (Å²) in [5.74, 6) is 0.207. The van der Waals surface area contributed by atoms with Crippen molar-refractivity contribution in [3.63, 3.8) is 0 Å². The molecule has 20 heavy (non-hydrogen) atoms. The fourth-order valence-electron chi connectivity index (χ4n) is 1.87. The van der Waals surface area contributed by atoms with Crippen molar-refractivity contribution < 1.29 is 14.3 Å². The average molecular weight is 397 g/mol. The van der Waals surface area contributed by atoms with Crippen LogP contribution in [0.3, 0.4) is 0 Å². The van der Waals surface area contributed by atoms with Gasteiger partial charge in [0.1, 0.15) is 5.60 Å². The van der Waals surface area contributed by atoms with Gasteiger partial charge in [-0.05, 0) is 27.2 Å². The number of piperazine rings is 1. The normalized spacial score (nSPS) is 16.9. The number of rotatable bonds is 4. The van der Waals surface area contributed by atoms with Gasteiger partial charge in [-0.3, -0.25) is 10.2 Å². The van der Waals surface area contributed by atoms with Crippen LogP contribution >= 0.6 is 22.6 Å². The number of hydrogen-bond donors (Lipinski definition) is 1. The maximum atomic E-state index is 11.9. The number of alkyl halides is 1. The maximum Gasteiger partial charge on any atom is 0.422 e. The summed E-state index contributed by atoms with van der Waals surface area (Å²) in [7, 11) is 0. The van der Waals surface area contributed by atoms with Crippen LogP contribution in [-0.4, -0.2) is 58.1 Å². The summed E-state index contributed by atoms with van der Waals surface area (Å²) in [5.41, 5.74) is 2.21. The van der Waals surface area contributed by atoms with E-state index in [2.05, 4.69) is 28.0 Å². The average Bonchev–Trinajstić information content (AvgIpc) is 2.34. The van der Waals surface area contributed by atoms with Gasteiger partial charge in [0.2, 0.25) is 5.91 Å². The van der Waals surface area contributed by atoms with E-state index in [4.69, 9.17) is 4.74 Å². The lowest BCUT2D eigenvalue weighted by Crippen LogP contribution is -2.55. The molecule has 0 bridgehead atoms. The van der Waals surface area contributed by atoms with Gasteiger partial charge in [-0.25, -0.2) is 9.80 Å². The van der Waals surface area contributed by atoms with Gasteiger partial charge in [0, 0.05) is 37.0 Å². The van der Waals surface area contributed by atoms with E-state index in [0.29, 0.717) is 32.6 Å². The fourth-order valence-corrected chi connectivity index (χ4v) is 2.26. The molecule has 6 nitrogen and oxygen atoms in total. The second-order valence-electron chi connectivity index (χ2n) is 5.77. The van der Waals surface area contributed by atoms with E-state index in [1.165, 1.54) is 0 Å². The van der Waals surface area contributed by atoms with Crippen molar-refractivity contribution in [2.75, 3.05) is 30.6 Å². The van der Waals surface area contributed by atoms with Crippen LogP contribution in [0.25, 0.3) is 0 Å². The molecule has 116 valence electrons. The Morgan fingerprint density at radius 3 is 2.30 bits per heavy atom. The van der Waals surface area contributed by atoms with Gasteiger partial charge in [0.25, 0.3) is 0 Å². The van der Waals surface area contributed by atoms with Gasteiger partial charge in [0.05, 0.1) is 0 Å². The van der Waals surface area contributed by atoms with Crippen LogP contribution in [0, 0.1) is 0 Å². The predicted molar refractivity (Wildman–Crippen MR) is 85.6 cm³/mol. The summed E-state index contributed by atoms with van der Waals surface area (Å²) >= 11 is 2.28. The Hall–Kier alpha value is -0.570. The van der Waals surface area contributed by atoms with Gasteiger partial charge in [-0.2, -0.15) is 0 Å². The van der Waals surface area contributed by atoms with E-state index in [1.54, 1.807) is 5.01 Å². The smallest absolute Gasteiger partial charge is 0.422 e. The van der Waals surface area contributed by atoms with E-state index in [-0.39, 0.29) is 5.91 Å². The number of ether oxygens (including phenoxy) is 1. The molecule has 2 amide bonds. The van der Waals surface area contributed by atoms with Crippen molar-refractivity contribution in [3.05, 3.63) is 0 Å². The lowest BCUT2D eigenvalue weighted by molar-refractivity contribution is -0.133. The topological polar surface area (TPSA) is 61.9 Å². The summed E-state index contributed by atoms with van der Waals surface area (Å²) < 4.78 is 6.20. The molecule has 0 atom stereocenters. The molecule has 1 rings (SSSR count). The van der Waals surface area contributed by atoms with Gasteiger partial charge in [0.15, 0.2) is 0 Å². The number of halogens is 1. The molecule has 1 saturated heterocycles. The fraction of sp³-hybridized carbons (Fsp3) is 0.846. The highest BCUT2D eigenvalue weighted by molar-refractivity contribution is 14.1. The van der Waals surface area contributed by atoms with Crippen LogP contribution in [0.1, 0.15) is 33.6 Å². The van der Waals surface area contributed by atoms with Crippen molar-refractivity contribution in [2.24, 2.45) is 0 Å². The Bertz CT molecular complexity index is 336. The minimum atomic E-state index is -0.499. The van der Waals surface area contributed by atoms with Gasteiger partial charge < -0.3 is 9.64 Å². The van der Waals surface area contributed by atoms with Crippen LogP contribution in [0.15, 0.2) is 0 Å². The van der Waals surface area contributed by atoms with Crippen molar-refractivity contribution in [3.8, 4) is 0 Å². The highest BCUT2D eigenvalue weighted by Crippen LogP contribution is 2.08. The molecular formula is C13H24IN3O3. The molecule has 0 aromatic rings. The van der Waals surface area contributed by atoms with Gasteiger partial charge in [-0.15, -0.1) is 0 Å². The number of nitrogens with one attached hydrogen (secondary N) is 1. The van der Waals surface area contributed by atoms with E-state index >= 15 is 0 Å². The molecule has 0 aliphatic carbocycles. The first-order chi connectivity index (χ1) is 9.31. The van der Waals surface area contributed by atoms with Crippen molar-refractivity contribution in [1.82, 2.24) is 15.3 Å². The molecule has 1 N–H and O–H groups in total. The first kappa shape index (κ1) is 17.5. The van der Waals surface area contributed by atoms with E-state index in [0.717, 1.165) is 10.8 Å². The van der Waals surface area contributed by atoms with Crippen LogP contribution < -0.4 is 5.43 Å². The Balaban J connectivity index is 2.28. The molecule has 1 aliphatic heterocycles. The monoisotopic (exact) mass is 397 g/mol. The highest BCUT2D eigenvalue weighted by atomic mass is 127. The lowest BCUT2D eigenvalue weighted by Gasteiger charge is -2.35. The van der Waals surface area contributed by atoms with Gasteiger partial charge in [-0.1, -0.05) is 22.6 Å². The zero-order chi connectivity index (χ0) is 15.2. The summed E-state index contributed by atoms with van der Waals surface area (Å²) in [5, 5.41) is 1.80. The second-order valence-corrected chi connectivity index (χ2v) is 6.85. The number of carbonyl (C=O) groups is 2. The molecule has 0 unspecified atom stereocenters. The molecule has 1 fully saturated rings. The highest BCUT2D eigenvalue weighted by Gasteiger charge is 2.23. The first-order valence-corrected chi connectivity index (χ1v) is 8.43. The van der Waals surface area contributed by atoms with Crippen LogP contribution in [0.4, 0.5) is 4.79 Å². The Kier molecular flexibility index (Phi) is 7.01. The molecule has 0 aromatic carbocycles. The molecule has 1 heterocycles. The predicted octanol–water partition coefficient (Wildman–Crippen LogP) is 1.79.